The molecule has 0 bridgehead atoms. The van der Waals surface area contributed by atoms with Gasteiger partial charge in [-0.15, -0.1) is 0 Å². The van der Waals surface area contributed by atoms with E-state index in [9.17, 15) is 9.59 Å². The summed E-state index contributed by atoms with van der Waals surface area (Å²) >= 11 is 0. The fourth-order valence-corrected chi connectivity index (χ4v) is 1.78. The molecule has 0 saturated heterocycles. The standard InChI is InChI=1S/C16H17N3O2/c1-2-17-15(20)12-8-10-14(11-9-12)19-16(21)18-13-6-4-3-5-7-13/h3-11H,2H2,1H3,(H,17,20)(H2,18,19,21). The number of nitrogens with one attached hydrogen (secondary N) is 3. The van der Waals surface area contributed by atoms with Gasteiger partial charge in [-0.2, -0.15) is 0 Å². The molecule has 108 valence electrons. The molecule has 0 aliphatic heterocycles. The number of hydrogen-bond acceptors (Lipinski definition) is 2. The highest BCUT2D eigenvalue weighted by Crippen LogP contribution is 2.11. The van der Waals surface area contributed by atoms with E-state index in [1.807, 2.05) is 25.1 Å². The Labute approximate surface area is 123 Å². The molecule has 3 amide bonds. The quantitative estimate of drug-likeness (QED) is 0.807. The topological polar surface area (TPSA) is 70.2 Å². The van der Waals surface area contributed by atoms with Crippen molar-refractivity contribution in [2.45, 2.75) is 6.92 Å². The van der Waals surface area contributed by atoms with Crippen LogP contribution in [0, 0.1) is 0 Å². The van der Waals surface area contributed by atoms with Crippen LogP contribution in [0.5, 0.6) is 0 Å². The molecule has 3 N–H and O–H groups in total. The highest BCUT2D eigenvalue weighted by atomic mass is 16.2. The molecular weight excluding hydrogens is 266 g/mol. The maximum Gasteiger partial charge on any atom is 0.323 e. The molecule has 0 aliphatic carbocycles. The Kier molecular flexibility index (Phi) is 4.93. The van der Waals surface area contributed by atoms with Crippen molar-refractivity contribution in [3.05, 3.63) is 60.2 Å². The van der Waals surface area contributed by atoms with Crippen LogP contribution in [0.3, 0.4) is 0 Å². The highest BCUT2D eigenvalue weighted by Gasteiger charge is 2.05. The summed E-state index contributed by atoms with van der Waals surface area (Å²) < 4.78 is 0. The van der Waals surface area contributed by atoms with Crippen molar-refractivity contribution in [3.63, 3.8) is 0 Å². The first-order valence-corrected chi connectivity index (χ1v) is 6.70. The lowest BCUT2D eigenvalue weighted by molar-refractivity contribution is 0.0956. The van der Waals surface area contributed by atoms with Gasteiger partial charge in [0.05, 0.1) is 0 Å². The molecule has 5 heteroatoms. The fourth-order valence-electron chi connectivity index (χ4n) is 1.78. The molecule has 0 unspecified atom stereocenters. The molecule has 2 aromatic rings. The van der Waals surface area contributed by atoms with E-state index in [0.29, 0.717) is 23.5 Å². The number of para-hydroxylation sites is 1. The summed E-state index contributed by atoms with van der Waals surface area (Å²) in [5, 5.41) is 8.14. The van der Waals surface area contributed by atoms with Gasteiger partial charge in [0, 0.05) is 23.5 Å². The van der Waals surface area contributed by atoms with Gasteiger partial charge in [-0.05, 0) is 43.3 Å². The van der Waals surface area contributed by atoms with Crippen LogP contribution in [0.2, 0.25) is 0 Å². The van der Waals surface area contributed by atoms with Gasteiger partial charge in [-0.25, -0.2) is 4.79 Å². The third-order valence-corrected chi connectivity index (χ3v) is 2.77. The Morgan fingerprint density at radius 3 is 2.00 bits per heavy atom. The van der Waals surface area contributed by atoms with E-state index in [1.54, 1.807) is 36.4 Å². The van der Waals surface area contributed by atoms with E-state index in [2.05, 4.69) is 16.0 Å². The minimum atomic E-state index is -0.327. The maximum absolute atomic E-state index is 11.8. The van der Waals surface area contributed by atoms with E-state index >= 15 is 0 Å². The van der Waals surface area contributed by atoms with Crippen LogP contribution in [0.25, 0.3) is 0 Å². The molecule has 5 nitrogen and oxygen atoms in total. The van der Waals surface area contributed by atoms with Gasteiger partial charge in [0.2, 0.25) is 0 Å². The molecular formula is C16H17N3O2. The number of carbonyl (C=O) groups is 2. The first kappa shape index (κ1) is 14.6. The van der Waals surface area contributed by atoms with Crippen molar-refractivity contribution < 1.29 is 9.59 Å². The third kappa shape index (κ3) is 4.35. The zero-order valence-electron chi connectivity index (χ0n) is 11.7. The maximum atomic E-state index is 11.8. The lowest BCUT2D eigenvalue weighted by Crippen LogP contribution is -2.22. The number of urea groups is 1. The van der Waals surface area contributed by atoms with E-state index in [4.69, 9.17) is 0 Å². The van der Waals surface area contributed by atoms with E-state index in [0.717, 1.165) is 0 Å². The van der Waals surface area contributed by atoms with Crippen molar-refractivity contribution in [2.24, 2.45) is 0 Å². The first-order chi connectivity index (χ1) is 10.2. The summed E-state index contributed by atoms with van der Waals surface area (Å²) in [6.07, 6.45) is 0. The molecule has 0 atom stereocenters. The van der Waals surface area contributed by atoms with E-state index in [-0.39, 0.29) is 11.9 Å². The molecule has 0 radical (unpaired) electrons. The van der Waals surface area contributed by atoms with Crippen molar-refractivity contribution in [1.82, 2.24) is 5.32 Å². The minimum Gasteiger partial charge on any atom is -0.352 e. The van der Waals surface area contributed by atoms with Crippen molar-refractivity contribution in [1.29, 1.82) is 0 Å². The van der Waals surface area contributed by atoms with Gasteiger partial charge in [0.25, 0.3) is 5.91 Å². The number of rotatable bonds is 4. The summed E-state index contributed by atoms with van der Waals surface area (Å²) in [7, 11) is 0. The lowest BCUT2D eigenvalue weighted by Gasteiger charge is -2.08. The monoisotopic (exact) mass is 283 g/mol. The van der Waals surface area contributed by atoms with Crippen molar-refractivity contribution in [3.8, 4) is 0 Å². The summed E-state index contributed by atoms with van der Waals surface area (Å²) in [5.74, 6) is -0.127. The second-order valence-corrected chi connectivity index (χ2v) is 4.38. The van der Waals surface area contributed by atoms with Gasteiger partial charge in [-0.1, -0.05) is 18.2 Å². The van der Waals surface area contributed by atoms with Crippen LogP contribution in [-0.2, 0) is 0 Å². The third-order valence-electron chi connectivity index (χ3n) is 2.77. The highest BCUT2D eigenvalue weighted by molar-refractivity contribution is 6.00. The summed E-state index contributed by atoms with van der Waals surface area (Å²) in [6, 6.07) is 15.6. The molecule has 0 fully saturated rings. The molecule has 2 aromatic carbocycles. The molecule has 21 heavy (non-hydrogen) atoms. The number of carbonyl (C=O) groups excluding carboxylic acids is 2. The number of anilines is 2. The lowest BCUT2D eigenvalue weighted by atomic mass is 10.2. The fraction of sp³-hybridized carbons (Fsp3) is 0.125. The Morgan fingerprint density at radius 1 is 0.857 bits per heavy atom. The van der Waals surface area contributed by atoms with Crippen LogP contribution in [0.4, 0.5) is 16.2 Å². The Bertz CT molecular complexity index is 609. The molecule has 0 heterocycles. The Morgan fingerprint density at radius 2 is 1.43 bits per heavy atom. The zero-order valence-corrected chi connectivity index (χ0v) is 11.7. The van der Waals surface area contributed by atoms with Gasteiger partial charge < -0.3 is 16.0 Å². The summed E-state index contributed by atoms with van der Waals surface area (Å²) in [4.78, 5) is 23.4. The average Bonchev–Trinajstić information content (AvgIpc) is 2.49. The van der Waals surface area contributed by atoms with Gasteiger partial charge >= 0.3 is 6.03 Å². The molecule has 0 saturated carbocycles. The van der Waals surface area contributed by atoms with Crippen LogP contribution in [-0.4, -0.2) is 18.5 Å². The van der Waals surface area contributed by atoms with Crippen LogP contribution in [0.1, 0.15) is 17.3 Å². The minimum absolute atomic E-state index is 0.127. The number of amides is 3. The van der Waals surface area contributed by atoms with Crippen molar-refractivity contribution in [2.75, 3.05) is 17.2 Å². The molecule has 0 aliphatic rings. The first-order valence-electron chi connectivity index (χ1n) is 6.70. The van der Waals surface area contributed by atoms with Crippen molar-refractivity contribution >= 4 is 23.3 Å². The number of hydrogen-bond donors (Lipinski definition) is 3. The van der Waals surface area contributed by atoms with E-state index in [1.165, 1.54) is 0 Å². The average molecular weight is 283 g/mol. The van der Waals surface area contributed by atoms with Crippen LogP contribution >= 0.6 is 0 Å². The van der Waals surface area contributed by atoms with Gasteiger partial charge in [0.15, 0.2) is 0 Å². The van der Waals surface area contributed by atoms with E-state index < -0.39 is 0 Å². The second-order valence-electron chi connectivity index (χ2n) is 4.38. The largest absolute Gasteiger partial charge is 0.352 e. The Hall–Kier alpha value is -2.82. The second kappa shape index (κ2) is 7.09. The molecule has 2 rings (SSSR count). The van der Waals surface area contributed by atoms with Gasteiger partial charge in [-0.3, -0.25) is 4.79 Å². The zero-order chi connectivity index (χ0) is 15.1. The summed E-state index contributed by atoms with van der Waals surface area (Å²) in [6.45, 7) is 2.44. The predicted octanol–water partition coefficient (Wildman–Crippen LogP) is 3.08. The van der Waals surface area contributed by atoms with Crippen LogP contribution < -0.4 is 16.0 Å². The number of benzene rings is 2. The summed E-state index contributed by atoms with van der Waals surface area (Å²) in [5.41, 5.74) is 1.90. The smallest absolute Gasteiger partial charge is 0.323 e. The van der Waals surface area contributed by atoms with Gasteiger partial charge in [0.1, 0.15) is 0 Å². The SMILES string of the molecule is CCNC(=O)c1ccc(NC(=O)Nc2ccccc2)cc1. The molecule has 0 aromatic heterocycles. The molecule has 0 spiro atoms. The normalized spacial score (nSPS) is 9.76. The predicted molar refractivity (Wildman–Crippen MR) is 83.5 cm³/mol. The van der Waals surface area contributed by atoms with Crippen LogP contribution in [0.15, 0.2) is 54.6 Å². The Balaban J connectivity index is 1.94.